The molecule has 1 aliphatic rings. The highest BCUT2D eigenvalue weighted by atomic mass is 16.6. The van der Waals surface area contributed by atoms with Crippen LogP contribution in [0.2, 0.25) is 0 Å². The van der Waals surface area contributed by atoms with E-state index in [1.54, 1.807) is 19.2 Å². The monoisotopic (exact) mass is 316 g/mol. The number of nitrogens with zero attached hydrogens (tertiary/aromatic N) is 4. The van der Waals surface area contributed by atoms with Crippen LogP contribution in [0.5, 0.6) is 0 Å². The molecule has 1 aromatic carbocycles. The molecule has 0 bridgehead atoms. The summed E-state index contributed by atoms with van der Waals surface area (Å²) < 4.78 is 6.98. The second-order valence-corrected chi connectivity index (χ2v) is 5.43. The number of aryl methyl sites for hydroxylation is 1. The van der Waals surface area contributed by atoms with E-state index in [-0.39, 0.29) is 11.5 Å². The Morgan fingerprint density at radius 1 is 1.35 bits per heavy atom. The molecule has 1 aromatic heterocycles. The fraction of sp³-hybridized carbons (Fsp3) is 0.400. The average molecular weight is 316 g/mol. The van der Waals surface area contributed by atoms with Crippen molar-refractivity contribution in [3.05, 3.63) is 40.1 Å². The number of ether oxygens (including phenoxy) is 1. The predicted molar refractivity (Wildman–Crippen MR) is 81.0 cm³/mol. The van der Waals surface area contributed by atoms with Crippen LogP contribution in [0.4, 0.5) is 5.69 Å². The Balaban J connectivity index is 1.94. The highest BCUT2D eigenvalue weighted by molar-refractivity contribution is 6.02. The fourth-order valence-corrected chi connectivity index (χ4v) is 2.67. The molecule has 0 amide bonds. The molecule has 0 aliphatic carbocycles. The van der Waals surface area contributed by atoms with Crippen LogP contribution in [0.15, 0.2) is 24.3 Å². The zero-order chi connectivity index (χ0) is 16.4. The zero-order valence-corrected chi connectivity index (χ0v) is 12.6. The summed E-state index contributed by atoms with van der Waals surface area (Å²) in [4.78, 5) is 23.0. The van der Waals surface area contributed by atoms with E-state index < -0.39 is 11.0 Å². The van der Waals surface area contributed by atoms with Crippen LogP contribution in [0, 0.1) is 10.1 Å². The molecule has 1 saturated heterocycles. The smallest absolute Gasteiger partial charge is 0.269 e. The van der Waals surface area contributed by atoms with Gasteiger partial charge in [-0.05, 0) is 31.4 Å². The number of ketones is 1. The zero-order valence-electron chi connectivity index (χ0n) is 12.6. The lowest BCUT2D eigenvalue weighted by molar-refractivity contribution is -0.384. The highest BCUT2D eigenvalue weighted by Crippen LogP contribution is 2.26. The van der Waals surface area contributed by atoms with Crippen LogP contribution in [-0.2, 0) is 11.8 Å². The molecule has 0 spiro atoms. The molecule has 0 N–H and O–H groups in total. The van der Waals surface area contributed by atoms with Gasteiger partial charge in [-0.15, -0.1) is 5.10 Å². The molecule has 1 fully saturated rings. The number of nitro benzene ring substituents is 1. The minimum absolute atomic E-state index is 0.0128. The van der Waals surface area contributed by atoms with Gasteiger partial charge < -0.3 is 4.74 Å². The van der Waals surface area contributed by atoms with Gasteiger partial charge >= 0.3 is 0 Å². The number of nitro groups is 1. The van der Waals surface area contributed by atoms with Crippen molar-refractivity contribution in [2.45, 2.75) is 25.4 Å². The average Bonchev–Trinajstić information content (AvgIpc) is 2.96. The Hall–Kier alpha value is -2.61. The van der Waals surface area contributed by atoms with Crippen molar-refractivity contribution in [2.24, 2.45) is 7.05 Å². The molecule has 0 saturated carbocycles. The minimum atomic E-state index is -0.474. The first-order valence-electron chi connectivity index (χ1n) is 7.38. The SMILES string of the molecule is Cn1nnc(-c2ccc([N+](=O)[O-])cc2)c1C(=O)C1CCCCO1. The summed E-state index contributed by atoms with van der Waals surface area (Å²) in [6, 6.07) is 5.91. The highest BCUT2D eigenvalue weighted by Gasteiger charge is 2.29. The van der Waals surface area contributed by atoms with E-state index in [0.29, 0.717) is 30.0 Å². The lowest BCUT2D eigenvalue weighted by atomic mass is 10.00. The van der Waals surface area contributed by atoms with E-state index >= 15 is 0 Å². The quantitative estimate of drug-likeness (QED) is 0.486. The molecule has 2 heterocycles. The molecule has 120 valence electrons. The summed E-state index contributed by atoms with van der Waals surface area (Å²) >= 11 is 0. The topological polar surface area (TPSA) is 100 Å². The number of non-ortho nitro benzene ring substituents is 1. The number of benzene rings is 1. The Kier molecular flexibility index (Phi) is 4.16. The summed E-state index contributed by atoms with van der Waals surface area (Å²) in [6.45, 7) is 0.578. The lowest BCUT2D eigenvalue weighted by Gasteiger charge is -2.21. The van der Waals surface area contributed by atoms with Gasteiger partial charge in [0.1, 0.15) is 17.5 Å². The third-order valence-electron chi connectivity index (χ3n) is 3.88. The van der Waals surface area contributed by atoms with Crippen LogP contribution in [0.25, 0.3) is 11.3 Å². The van der Waals surface area contributed by atoms with Gasteiger partial charge in [0.05, 0.1) is 4.92 Å². The molecule has 1 unspecified atom stereocenters. The summed E-state index contributed by atoms with van der Waals surface area (Å²) in [5.41, 5.74) is 1.39. The predicted octanol–water partition coefficient (Wildman–Crippen LogP) is 2.14. The van der Waals surface area contributed by atoms with Gasteiger partial charge in [-0.3, -0.25) is 14.9 Å². The minimum Gasteiger partial charge on any atom is -0.370 e. The summed E-state index contributed by atoms with van der Waals surface area (Å²) in [6.07, 6.45) is 2.12. The van der Waals surface area contributed by atoms with E-state index in [4.69, 9.17) is 4.74 Å². The summed E-state index contributed by atoms with van der Waals surface area (Å²) in [5.74, 6) is -0.148. The van der Waals surface area contributed by atoms with Crippen LogP contribution in [-0.4, -0.2) is 38.4 Å². The van der Waals surface area contributed by atoms with Crippen molar-refractivity contribution >= 4 is 11.5 Å². The molecular formula is C15H16N4O4. The normalized spacial score (nSPS) is 17.9. The fourth-order valence-electron chi connectivity index (χ4n) is 2.67. The molecule has 1 aliphatic heterocycles. The van der Waals surface area contributed by atoms with Gasteiger partial charge in [0, 0.05) is 31.4 Å². The first-order chi connectivity index (χ1) is 11.1. The summed E-state index contributed by atoms with van der Waals surface area (Å²) in [5, 5.41) is 18.7. The van der Waals surface area contributed by atoms with Gasteiger partial charge in [0.25, 0.3) is 5.69 Å². The van der Waals surface area contributed by atoms with E-state index in [0.717, 1.165) is 12.8 Å². The molecule has 3 rings (SSSR count). The number of hydrogen-bond acceptors (Lipinski definition) is 6. The van der Waals surface area contributed by atoms with Crippen molar-refractivity contribution in [3.63, 3.8) is 0 Å². The Labute approximate surface area is 132 Å². The van der Waals surface area contributed by atoms with Crippen molar-refractivity contribution in [3.8, 4) is 11.3 Å². The first kappa shape index (κ1) is 15.3. The molecular weight excluding hydrogens is 300 g/mol. The standard InChI is InChI=1S/C15H16N4O4/c1-18-14(15(20)12-4-2-3-9-23-12)13(16-17-18)10-5-7-11(8-6-10)19(21)22/h5-8,12H,2-4,9H2,1H3. The maximum absolute atomic E-state index is 12.7. The van der Waals surface area contributed by atoms with E-state index in [1.807, 2.05) is 0 Å². The summed E-state index contributed by atoms with van der Waals surface area (Å²) in [7, 11) is 1.65. The second-order valence-electron chi connectivity index (χ2n) is 5.43. The number of Topliss-reactive ketones (excluding diaryl/α,β-unsaturated/α-hetero) is 1. The van der Waals surface area contributed by atoms with Gasteiger partial charge in [0.2, 0.25) is 5.78 Å². The number of aromatic nitrogens is 3. The molecule has 2 aromatic rings. The van der Waals surface area contributed by atoms with Crippen molar-refractivity contribution in [1.29, 1.82) is 0 Å². The van der Waals surface area contributed by atoms with Crippen LogP contribution < -0.4 is 0 Å². The molecule has 0 radical (unpaired) electrons. The van der Waals surface area contributed by atoms with Crippen molar-refractivity contribution < 1.29 is 14.5 Å². The van der Waals surface area contributed by atoms with Crippen LogP contribution in [0.1, 0.15) is 29.8 Å². The Morgan fingerprint density at radius 2 is 2.09 bits per heavy atom. The molecule has 8 heteroatoms. The second kappa shape index (κ2) is 6.25. The van der Waals surface area contributed by atoms with Crippen molar-refractivity contribution in [2.75, 3.05) is 6.61 Å². The largest absolute Gasteiger partial charge is 0.370 e. The molecule has 8 nitrogen and oxygen atoms in total. The van der Waals surface area contributed by atoms with Gasteiger partial charge in [0.15, 0.2) is 0 Å². The number of carbonyl (C=O) groups is 1. The van der Waals surface area contributed by atoms with Crippen LogP contribution >= 0.6 is 0 Å². The van der Waals surface area contributed by atoms with Crippen molar-refractivity contribution in [1.82, 2.24) is 15.0 Å². The molecule has 23 heavy (non-hydrogen) atoms. The van der Waals surface area contributed by atoms with E-state index in [1.165, 1.54) is 16.8 Å². The number of rotatable bonds is 4. The van der Waals surface area contributed by atoms with Gasteiger partial charge in [-0.25, -0.2) is 4.68 Å². The van der Waals surface area contributed by atoms with E-state index in [2.05, 4.69) is 10.3 Å². The van der Waals surface area contributed by atoms with Gasteiger partial charge in [-0.2, -0.15) is 0 Å². The third kappa shape index (κ3) is 2.98. The maximum atomic E-state index is 12.7. The third-order valence-corrected chi connectivity index (χ3v) is 3.88. The maximum Gasteiger partial charge on any atom is 0.269 e. The Bertz CT molecular complexity index is 732. The first-order valence-corrected chi connectivity index (χ1v) is 7.38. The number of hydrogen-bond donors (Lipinski definition) is 0. The van der Waals surface area contributed by atoms with Crippen LogP contribution in [0.3, 0.4) is 0 Å². The number of carbonyl (C=O) groups excluding carboxylic acids is 1. The lowest BCUT2D eigenvalue weighted by Crippen LogP contribution is -2.30. The van der Waals surface area contributed by atoms with E-state index in [9.17, 15) is 14.9 Å². The molecule has 1 atom stereocenters. The Morgan fingerprint density at radius 3 is 2.70 bits per heavy atom. The van der Waals surface area contributed by atoms with Gasteiger partial charge in [-0.1, -0.05) is 5.21 Å².